The van der Waals surface area contributed by atoms with Gasteiger partial charge in [-0.05, 0) is 56.2 Å². The fourth-order valence-electron chi connectivity index (χ4n) is 3.34. The van der Waals surface area contributed by atoms with Crippen LogP contribution >= 0.6 is 0 Å². The fourth-order valence-corrected chi connectivity index (χ4v) is 3.34. The molecule has 1 fully saturated rings. The number of hydrogen-bond donors (Lipinski definition) is 2. The van der Waals surface area contributed by atoms with Crippen LogP contribution < -0.4 is 15.4 Å². The number of nitrogens with one attached hydrogen (secondary N) is 2. The molecule has 6 nitrogen and oxygen atoms in total. The number of pyridine rings is 1. The molecule has 1 amide bonds. The molecule has 3 rings (SSSR count). The highest BCUT2D eigenvalue weighted by Crippen LogP contribution is 2.22. The zero-order valence-corrected chi connectivity index (χ0v) is 16.4. The van der Waals surface area contributed by atoms with E-state index in [1.807, 2.05) is 31.2 Å². The second-order valence-corrected chi connectivity index (χ2v) is 6.92. The van der Waals surface area contributed by atoms with Gasteiger partial charge in [-0.25, -0.2) is 13.8 Å². The third-order valence-electron chi connectivity index (χ3n) is 4.80. The van der Waals surface area contributed by atoms with Gasteiger partial charge in [-0.3, -0.25) is 9.69 Å². The zero-order chi connectivity index (χ0) is 20.6. The van der Waals surface area contributed by atoms with Crippen molar-refractivity contribution in [3.8, 4) is 5.75 Å². The van der Waals surface area contributed by atoms with Crippen LogP contribution in [0.15, 0.2) is 42.6 Å². The summed E-state index contributed by atoms with van der Waals surface area (Å²) in [5.74, 6) is 1.01. The topological polar surface area (TPSA) is 66.5 Å². The number of rotatable bonds is 8. The van der Waals surface area contributed by atoms with Crippen LogP contribution in [0.5, 0.6) is 5.75 Å². The normalized spacial score (nSPS) is 15.3. The van der Waals surface area contributed by atoms with Crippen molar-refractivity contribution in [2.75, 3.05) is 31.6 Å². The van der Waals surface area contributed by atoms with Gasteiger partial charge >= 0.3 is 0 Å². The molecule has 0 saturated carbocycles. The van der Waals surface area contributed by atoms with E-state index in [0.717, 1.165) is 11.4 Å². The number of benzene rings is 1. The molecule has 0 radical (unpaired) electrons. The minimum absolute atomic E-state index is 0.0324. The third kappa shape index (κ3) is 6.12. The molecule has 0 bridgehead atoms. The fraction of sp³-hybridized carbons (Fsp3) is 0.429. The Morgan fingerprint density at radius 2 is 1.97 bits per heavy atom. The average molecular weight is 404 g/mol. The SMILES string of the molecule is CCOc1ccc(Nc2ncccc2C(=O)NC2CCN(CC(F)F)CC2)cc1. The van der Waals surface area contributed by atoms with Gasteiger partial charge in [0.25, 0.3) is 12.3 Å². The molecule has 8 heteroatoms. The van der Waals surface area contributed by atoms with Gasteiger partial charge in [0.2, 0.25) is 0 Å². The third-order valence-corrected chi connectivity index (χ3v) is 4.80. The van der Waals surface area contributed by atoms with E-state index >= 15 is 0 Å². The first-order chi connectivity index (χ1) is 14.0. The number of carbonyl (C=O) groups is 1. The number of likely N-dealkylation sites (tertiary alicyclic amines) is 1. The number of anilines is 2. The first kappa shape index (κ1) is 21.0. The number of piperidine rings is 1. The molecular weight excluding hydrogens is 378 g/mol. The van der Waals surface area contributed by atoms with Gasteiger partial charge in [0.15, 0.2) is 0 Å². The quantitative estimate of drug-likeness (QED) is 0.703. The summed E-state index contributed by atoms with van der Waals surface area (Å²) < 4.78 is 30.4. The van der Waals surface area contributed by atoms with Crippen LogP contribution in [-0.2, 0) is 0 Å². The summed E-state index contributed by atoms with van der Waals surface area (Å²) in [4.78, 5) is 18.8. The molecule has 29 heavy (non-hydrogen) atoms. The number of alkyl halides is 2. The second-order valence-electron chi connectivity index (χ2n) is 6.92. The Kier molecular flexibility index (Phi) is 7.35. The maximum Gasteiger partial charge on any atom is 0.255 e. The highest BCUT2D eigenvalue weighted by molar-refractivity contribution is 5.99. The van der Waals surface area contributed by atoms with E-state index in [9.17, 15) is 13.6 Å². The van der Waals surface area contributed by atoms with Crippen LogP contribution in [0.1, 0.15) is 30.1 Å². The van der Waals surface area contributed by atoms with E-state index in [4.69, 9.17) is 4.74 Å². The molecule has 0 aliphatic carbocycles. The predicted molar refractivity (Wildman–Crippen MR) is 108 cm³/mol. The number of nitrogens with zero attached hydrogens (tertiary/aromatic N) is 2. The Bertz CT molecular complexity index is 794. The number of amides is 1. The van der Waals surface area contributed by atoms with E-state index in [1.165, 1.54) is 0 Å². The molecule has 156 valence electrons. The number of halogens is 2. The Balaban J connectivity index is 1.60. The summed E-state index contributed by atoms with van der Waals surface area (Å²) in [6.45, 7) is 3.42. The van der Waals surface area contributed by atoms with Gasteiger partial charge in [0.1, 0.15) is 11.6 Å². The van der Waals surface area contributed by atoms with Gasteiger partial charge in [-0.1, -0.05) is 0 Å². The van der Waals surface area contributed by atoms with Crippen molar-refractivity contribution in [1.82, 2.24) is 15.2 Å². The Labute approximate surface area is 169 Å². The van der Waals surface area contributed by atoms with Crippen molar-refractivity contribution < 1.29 is 18.3 Å². The smallest absolute Gasteiger partial charge is 0.255 e. The summed E-state index contributed by atoms with van der Waals surface area (Å²) in [7, 11) is 0. The highest BCUT2D eigenvalue weighted by Gasteiger charge is 2.23. The monoisotopic (exact) mass is 404 g/mol. The molecule has 1 aromatic heterocycles. The van der Waals surface area contributed by atoms with Gasteiger partial charge in [0.05, 0.1) is 18.7 Å². The van der Waals surface area contributed by atoms with E-state index in [2.05, 4.69) is 15.6 Å². The lowest BCUT2D eigenvalue weighted by molar-refractivity contribution is 0.0696. The molecule has 0 unspecified atom stereocenters. The van der Waals surface area contributed by atoms with Gasteiger partial charge in [0, 0.05) is 31.0 Å². The van der Waals surface area contributed by atoms with E-state index < -0.39 is 6.43 Å². The Hall–Kier alpha value is -2.74. The van der Waals surface area contributed by atoms with Crippen molar-refractivity contribution in [2.45, 2.75) is 32.2 Å². The molecule has 1 aliphatic heterocycles. The van der Waals surface area contributed by atoms with Crippen LogP contribution in [0.3, 0.4) is 0 Å². The van der Waals surface area contributed by atoms with Crippen molar-refractivity contribution in [3.05, 3.63) is 48.2 Å². The second kappa shape index (κ2) is 10.2. The van der Waals surface area contributed by atoms with Crippen LogP contribution in [0.25, 0.3) is 0 Å². The Morgan fingerprint density at radius 1 is 1.24 bits per heavy atom. The molecule has 0 atom stereocenters. The summed E-state index contributed by atoms with van der Waals surface area (Å²) in [6.07, 6.45) is 0.602. The van der Waals surface area contributed by atoms with E-state index in [-0.39, 0.29) is 18.5 Å². The summed E-state index contributed by atoms with van der Waals surface area (Å²) in [6, 6.07) is 10.8. The van der Waals surface area contributed by atoms with E-state index in [0.29, 0.717) is 43.9 Å². The predicted octanol–water partition coefficient (Wildman–Crippen LogP) is 3.68. The number of carbonyl (C=O) groups excluding carboxylic acids is 1. The van der Waals surface area contributed by atoms with Crippen molar-refractivity contribution in [1.29, 1.82) is 0 Å². The van der Waals surface area contributed by atoms with Crippen molar-refractivity contribution >= 4 is 17.4 Å². The first-order valence-electron chi connectivity index (χ1n) is 9.81. The zero-order valence-electron chi connectivity index (χ0n) is 16.4. The molecule has 2 aromatic rings. The maximum absolute atomic E-state index is 12.8. The van der Waals surface area contributed by atoms with Crippen molar-refractivity contribution in [2.24, 2.45) is 0 Å². The van der Waals surface area contributed by atoms with Gasteiger partial charge in [-0.2, -0.15) is 0 Å². The molecule has 0 spiro atoms. The molecule has 2 heterocycles. The minimum atomic E-state index is -2.33. The lowest BCUT2D eigenvalue weighted by Crippen LogP contribution is -2.45. The molecule has 1 aliphatic rings. The van der Waals surface area contributed by atoms with Crippen LogP contribution in [0.4, 0.5) is 20.3 Å². The molecule has 1 saturated heterocycles. The maximum atomic E-state index is 12.8. The average Bonchev–Trinajstić information content (AvgIpc) is 2.71. The van der Waals surface area contributed by atoms with Crippen LogP contribution in [0.2, 0.25) is 0 Å². The lowest BCUT2D eigenvalue weighted by Gasteiger charge is -2.32. The summed E-state index contributed by atoms with van der Waals surface area (Å²) in [5.41, 5.74) is 1.23. The lowest BCUT2D eigenvalue weighted by atomic mass is 10.0. The molecular formula is C21H26F2N4O2. The van der Waals surface area contributed by atoms with Crippen LogP contribution in [0, 0.1) is 0 Å². The summed E-state index contributed by atoms with van der Waals surface area (Å²) >= 11 is 0. The van der Waals surface area contributed by atoms with Crippen LogP contribution in [-0.4, -0.2) is 54.5 Å². The van der Waals surface area contributed by atoms with Gasteiger partial charge in [-0.15, -0.1) is 0 Å². The number of ether oxygens (including phenoxy) is 1. The number of aromatic nitrogens is 1. The molecule has 1 aromatic carbocycles. The standard InChI is InChI=1S/C21H26F2N4O2/c1-2-29-17-7-5-15(6-8-17)25-20-18(4-3-11-24-20)21(28)26-16-9-12-27(13-10-16)14-19(22)23/h3-8,11,16,19H,2,9-10,12-14H2,1H3,(H,24,25)(H,26,28). The highest BCUT2D eigenvalue weighted by atomic mass is 19.3. The van der Waals surface area contributed by atoms with Crippen molar-refractivity contribution in [3.63, 3.8) is 0 Å². The largest absolute Gasteiger partial charge is 0.494 e. The minimum Gasteiger partial charge on any atom is -0.494 e. The molecule has 2 N–H and O–H groups in total. The summed E-state index contributed by atoms with van der Waals surface area (Å²) in [5, 5.41) is 6.18. The first-order valence-corrected chi connectivity index (χ1v) is 9.81. The van der Waals surface area contributed by atoms with Gasteiger partial charge < -0.3 is 15.4 Å². The van der Waals surface area contributed by atoms with E-state index in [1.54, 1.807) is 23.2 Å². The number of hydrogen-bond acceptors (Lipinski definition) is 5. The Morgan fingerprint density at radius 3 is 2.62 bits per heavy atom.